The van der Waals surface area contributed by atoms with Crippen LogP contribution in [0.3, 0.4) is 0 Å². The van der Waals surface area contributed by atoms with Gasteiger partial charge in [0.25, 0.3) is 0 Å². The fourth-order valence-corrected chi connectivity index (χ4v) is 28.7. The monoisotopic (exact) mass is 783 g/mol. The zero-order chi connectivity index (χ0) is 28.9. The average Bonchev–Trinajstić information content (AvgIpc) is 3.22. The maximum Gasteiger partial charge on any atom is -0.147 e. The Hall–Kier alpha value is -1.49. The number of halogens is 2. The first-order valence-corrected chi connectivity index (χ1v) is 23.9. The van der Waals surface area contributed by atoms with Gasteiger partial charge in [-0.3, -0.25) is 0 Å². The molecule has 5 rings (SSSR count). The van der Waals surface area contributed by atoms with Crippen LogP contribution in [0.2, 0.25) is 0 Å². The normalized spacial score (nSPS) is 13.5. The molecule has 1 aliphatic rings. The van der Waals surface area contributed by atoms with Gasteiger partial charge in [-0.25, -0.2) is 0 Å². The molecule has 0 spiro atoms. The van der Waals surface area contributed by atoms with Crippen LogP contribution in [0, 0.1) is 0 Å². The van der Waals surface area contributed by atoms with E-state index in [1.165, 1.54) is 22.3 Å². The maximum atomic E-state index is 4.24. The molecule has 0 amide bonds. The standard InChI is InChI=1S/C33H35Si.C4H10N.2ClH.Hf/c1-32(2,3)23-17-19-27-28-20-18-24(33(4,5)6)22-30(28)31(29(27)21-23)34(25-13-9-7-10-14-25)26-15-11-8-12-16-26;1-4(2,3)5;;;/h7-22,31H,1-6H3;5H,1-3H3;2*1H;/q;-1;;;+1. The van der Waals surface area contributed by atoms with E-state index in [4.69, 9.17) is 0 Å². The Morgan fingerprint density at radius 2 is 0.929 bits per heavy atom. The molecule has 0 bridgehead atoms. The van der Waals surface area contributed by atoms with Crippen LogP contribution in [-0.4, -0.2) is 10.8 Å². The summed E-state index contributed by atoms with van der Waals surface area (Å²) in [7, 11) is 0. The van der Waals surface area contributed by atoms with Gasteiger partial charge >= 0.3 is 256 Å². The van der Waals surface area contributed by atoms with Crippen molar-refractivity contribution in [1.29, 1.82) is 0 Å². The second kappa shape index (κ2) is 12.9. The summed E-state index contributed by atoms with van der Waals surface area (Å²) >= 11 is -1.50. The van der Waals surface area contributed by atoms with E-state index in [1.807, 2.05) is 0 Å². The van der Waals surface area contributed by atoms with Crippen LogP contribution < -0.4 is 13.7 Å². The van der Waals surface area contributed by atoms with Gasteiger partial charge in [0.2, 0.25) is 0 Å². The SMILES string of the molecule is CC(C)(C)[NH][Hf][Si](c1ccccc1)(c1ccccc1)C1c2cc(C(C)(C)C)ccc2-c2ccc(C(C)(C)C)cc21.Cl.Cl. The minimum Gasteiger partial charge on any atom is -0.147 e. The summed E-state index contributed by atoms with van der Waals surface area (Å²) in [5.74, 6) is 0. The zero-order valence-corrected chi connectivity index (χ0v) is 32.9. The van der Waals surface area contributed by atoms with Gasteiger partial charge in [0, 0.05) is 0 Å². The Labute approximate surface area is 278 Å². The molecule has 0 aliphatic heterocycles. The van der Waals surface area contributed by atoms with Crippen molar-refractivity contribution < 1.29 is 22.4 Å². The first-order chi connectivity index (χ1) is 18.7. The molecular weight excluding hydrogens is 736 g/mol. The van der Waals surface area contributed by atoms with Crippen molar-refractivity contribution in [3.63, 3.8) is 0 Å². The Morgan fingerprint density at radius 3 is 1.26 bits per heavy atom. The molecule has 0 heterocycles. The Kier molecular flexibility index (Phi) is 10.7. The molecule has 4 aromatic rings. The molecule has 0 unspecified atom stereocenters. The Bertz CT molecular complexity index is 1400. The van der Waals surface area contributed by atoms with Crippen LogP contribution in [0.4, 0.5) is 0 Å². The van der Waals surface area contributed by atoms with Crippen LogP contribution in [0.25, 0.3) is 11.1 Å². The van der Waals surface area contributed by atoms with Crippen LogP contribution >= 0.6 is 24.8 Å². The van der Waals surface area contributed by atoms with Crippen molar-refractivity contribution in [2.75, 3.05) is 0 Å². The number of hydrogen-bond acceptors (Lipinski definition) is 1. The van der Waals surface area contributed by atoms with Crippen molar-refractivity contribution in [3.05, 3.63) is 119 Å². The summed E-state index contributed by atoms with van der Waals surface area (Å²) in [5.41, 5.74) is 9.52. The zero-order valence-electron chi connectivity index (χ0n) is 26.6. The minimum absolute atomic E-state index is 0. The number of benzene rings is 4. The van der Waals surface area contributed by atoms with Crippen LogP contribution in [0.1, 0.15) is 90.1 Å². The maximum absolute atomic E-state index is 4.24. The molecule has 1 aliphatic carbocycles. The number of rotatable bonds is 5. The number of hydrogen-bond donors (Lipinski definition) is 1. The molecule has 4 aromatic carbocycles. The molecule has 0 fully saturated rings. The average molecular weight is 783 g/mol. The van der Waals surface area contributed by atoms with Crippen molar-refractivity contribution in [3.8, 4) is 11.1 Å². The van der Waals surface area contributed by atoms with E-state index in [0.717, 1.165) is 0 Å². The molecule has 42 heavy (non-hydrogen) atoms. The van der Waals surface area contributed by atoms with Gasteiger partial charge in [0.05, 0.1) is 0 Å². The van der Waals surface area contributed by atoms with Crippen LogP contribution in [0.15, 0.2) is 97.1 Å². The quantitative estimate of drug-likeness (QED) is 0.200. The molecule has 1 N–H and O–H groups in total. The van der Waals surface area contributed by atoms with Gasteiger partial charge in [-0.15, -0.1) is 24.8 Å². The molecule has 0 saturated heterocycles. The molecular formula is C37H47Cl2HfNSi. The molecule has 0 atom stereocenters. The summed E-state index contributed by atoms with van der Waals surface area (Å²) in [6, 6.07) is 38.1. The summed E-state index contributed by atoms with van der Waals surface area (Å²) in [4.78, 5) is 0. The van der Waals surface area contributed by atoms with Gasteiger partial charge in [-0.1, -0.05) is 0 Å². The fraction of sp³-hybridized carbons (Fsp3) is 0.351. The van der Waals surface area contributed by atoms with E-state index >= 15 is 0 Å². The van der Waals surface area contributed by atoms with E-state index in [2.05, 4.69) is 163 Å². The largest absolute Gasteiger partial charge is 0.147 e. The van der Waals surface area contributed by atoms with Crippen LogP contribution in [0.5, 0.6) is 0 Å². The third-order valence-electron chi connectivity index (χ3n) is 8.27. The van der Waals surface area contributed by atoms with E-state index in [1.54, 1.807) is 21.5 Å². The van der Waals surface area contributed by atoms with Crippen molar-refractivity contribution in [1.82, 2.24) is 3.30 Å². The molecule has 222 valence electrons. The number of nitrogens with one attached hydrogen (secondary N) is 1. The van der Waals surface area contributed by atoms with Gasteiger partial charge < -0.3 is 0 Å². The Morgan fingerprint density at radius 1 is 0.548 bits per heavy atom. The van der Waals surface area contributed by atoms with Gasteiger partial charge in [-0.2, -0.15) is 0 Å². The molecule has 0 aromatic heterocycles. The van der Waals surface area contributed by atoms with E-state index in [-0.39, 0.29) is 41.2 Å². The van der Waals surface area contributed by atoms with E-state index < -0.39 is 27.6 Å². The molecule has 0 radical (unpaired) electrons. The van der Waals surface area contributed by atoms with Crippen LogP contribution in [-0.2, 0) is 33.2 Å². The topological polar surface area (TPSA) is 12.0 Å². The fourth-order valence-electron chi connectivity index (χ4n) is 6.07. The predicted octanol–water partition coefficient (Wildman–Crippen LogP) is 8.92. The third-order valence-corrected chi connectivity index (χ3v) is 30.4. The van der Waals surface area contributed by atoms with Crippen molar-refractivity contribution in [2.24, 2.45) is 0 Å². The second-order valence-electron chi connectivity index (χ2n) is 14.6. The smallest absolute Gasteiger partial charge is 0.147 e. The summed E-state index contributed by atoms with van der Waals surface area (Å²) in [6.45, 7) is 21.1. The minimum atomic E-state index is -2.31. The van der Waals surface area contributed by atoms with E-state index in [9.17, 15) is 0 Å². The first-order valence-electron chi connectivity index (χ1n) is 14.7. The molecule has 1 nitrogen and oxygen atoms in total. The van der Waals surface area contributed by atoms with Crippen molar-refractivity contribution in [2.45, 2.75) is 84.2 Å². The van der Waals surface area contributed by atoms with Crippen molar-refractivity contribution >= 4 is 40.4 Å². The first kappa shape index (κ1) is 35.0. The molecule has 5 heteroatoms. The predicted molar refractivity (Wildman–Crippen MR) is 186 cm³/mol. The molecule has 0 saturated carbocycles. The van der Waals surface area contributed by atoms with Gasteiger partial charge in [0.1, 0.15) is 0 Å². The second-order valence-corrected chi connectivity index (χ2v) is 30.3. The summed E-state index contributed by atoms with van der Waals surface area (Å²) in [6.07, 6.45) is 0. The number of fused-ring (bicyclic) bond motifs is 3. The summed E-state index contributed by atoms with van der Waals surface area (Å²) < 4.78 is 4.24. The third kappa shape index (κ3) is 6.76. The van der Waals surface area contributed by atoms with E-state index in [0.29, 0.717) is 5.54 Å². The Balaban J connectivity index is 0.00000242. The van der Waals surface area contributed by atoms with Gasteiger partial charge in [-0.05, 0) is 0 Å². The summed E-state index contributed by atoms with van der Waals surface area (Å²) in [5, 5.41) is 0.845. The van der Waals surface area contributed by atoms with Gasteiger partial charge in [0.15, 0.2) is 0 Å².